The van der Waals surface area contributed by atoms with Crippen LogP contribution >= 0.6 is 11.6 Å². The summed E-state index contributed by atoms with van der Waals surface area (Å²) in [5.74, 6) is -0.244. The van der Waals surface area contributed by atoms with E-state index in [1.165, 1.54) is 23.1 Å². The number of hydrogen-bond acceptors (Lipinski definition) is 0. The lowest BCUT2D eigenvalue weighted by Crippen LogP contribution is -1.95. The summed E-state index contributed by atoms with van der Waals surface area (Å²) < 4.78 is 13.0. The molecule has 3 aromatic carbocycles. The first-order valence-corrected chi connectivity index (χ1v) is 6.98. The first kappa shape index (κ1) is 13.1. The largest absolute Gasteiger partial charge is 0.207 e. The topological polar surface area (TPSA) is 0 Å². The summed E-state index contributed by atoms with van der Waals surface area (Å²) in [5, 5.41) is 2.08. The number of benzene rings is 3. The fourth-order valence-corrected chi connectivity index (χ4v) is 2.84. The van der Waals surface area contributed by atoms with E-state index in [2.05, 4.69) is 31.2 Å². The van der Waals surface area contributed by atoms with E-state index >= 15 is 0 Å². The van der Waals surface area contributed by atoms with Crippen molar-refractivity contribution in [1.82, 2.24) is 0 Å². The third-order valence-electron chi connectivity index (χ3n) is 3.61. The van der Waals surface area contributed by atoms with E-state index in [0.29, 0.717) is 0 Å². The molecule has 100 valence electrons. The van der Waals surface area contributed by atoms with Gasteiger partial charge in [-0.1, -0.05) is 48.5 Å². The zero-order valence-corrected chi connectivity index (χ0v) is 11.9. The van der Waals surface area contributed by atoms with Crippen molar-refractivity contribution in [2.45, 2.75) is 12.3 Å². The smallest absolute Gasteiger partial charge is 0.123 e. The molecule has 3 rings (SSSR count). The van der Waals surface area contributed by atoms with Gasteiger partial charge in [-0.15, -0.1) is 11.6 Å². The van der Waals surface area contributed by atoms with Crippen LogP contribution in [0.1, 0.15) is 22.1 Å². The highest BCUT2D eigenvalue weighted by molar-refractivity contribution is 6.23. The maximum absolute atomic E-state index is 13.0. The molecule has 0 aliphatic rings. The Bertz CT molecular complexity index is 747. The number of halogens is 2. The quantitative estimate of drug-likeness (QED) is 0.536. The van der Waals surface area contributed by atoms with Gasteiger partial charge in [-0.2, -0.15) is 0 Å². The molecule has 0 aliphatic carbocycles. The highest BCUT2D eigenvalue weighted by atomic mass is 35.5. The summed E-state index contributed by atoms with van der Waals surface area (Å²) in [6, 6.07) is 18.7. The monoisotopic (exact) mass is 284 g/mol. The second kappa shape index (κ2) is 5.26. The summed E-state index contributed by atoms with van der Waals surface area (Å²) in [6.07, 6.45) is 0. The lowest BCUT2D eigenvalue weighted by molar-refractivity contribution is 0.627. The van der Waals surface area contributed by atoms with Crippen LogP contribution in [0.25, 0.3) is 10.8 Å². The minimum absolute atomic E-state index is 0.244. The third-order valence-corrected chi connectivity index (χ3v) is 4.10. The van der Waals surface area contributed by atoms with Crippen LogP contribution in [0.2, 0.25) is 0 Å². The Kier molecular flexibility index (Phi) is 3.45. The zero-order chi connectivity index (χ0) is 14.1. The van der Waals surface area contributed by atoms with Gasteiger partial charge in [-0.25, -0.2) is 4.39 Å². The summed E-state index contributed by atoms with van der Waals surface area (Å²) in [4.78, 5) is 0. The number of aryl methyl sites for hydroxylation is 1. The molecule has 1 unspecified atom stereocenters. The average molecular weight is 285 g/mol. The summed E-state index contributed by atoms with van der Waals surface area (Å²) in [7, 11) is 0. The van der Waals surface area contributed by atoms with Crippen molar-refractivity contribution < 1.29 is 4.39 Å². The van der Waals surface area contributed by atoms with E-state index < -0.39 is 0 Å². The van der Waals surface area contributed by atoms with Crippen LogP contribution in [-0.4, -0.2) is 0 Å². The van der Waals surface area contributed by atoms with Gasteiger partial charge in [0.05, 0.1) is 5.38 Å². The molecule has 0 spiro atoms. The molecule has 0 aliphatic heterocycles. The second-order valence-corrected chi connectivity index (χ2v) is 5.37. The van der Waals surface area contributed by atoms with E-state index in [0.717, 1.165) is 16.5 Å². The van der Waals surface area contributed by atoms with Crippen molar-refractivity contribution in [2.24, 2.45) is 0 Å². The number of hydrogen-bond donors (Lipinski definition) is 0. The number of alkyl halides is 1. The summed E-state index contributed by atoms with van der Waals surface area (Å²) in [5.41, 5.74) is 3.19. The summed E-state index contributed by atoms with van der Waals surface area (Å²) in [6.45, 7) is 2.09. The fraction of sp³-hybridized carbons (Fsp3) is 0.111. The van der Waals surface area contributed by atoms with Crippen molar-refractivity contribution >= 4 is 22.4 Å². The van der Waals surface area contributed by atoms with Crippen molar-refractivity contribution in [3.63, 3.8) is 0 Å². The Morgan fingerprint density at radius 1 is 0.850 bits per heavy atom. The van der Waals surface area contributed by atoms with E-state index in [9.17, 15) is 4.39 Å². The SMILES string of the molecule is Cc1ccc(C(Cl)c2ccc(F)cc2)c2ccccc12. The van der Waals surface area contributed by atoms with Crippen molar-refractivity contribution in [3.05, 3.63) is 83.2 Å². The van der Waals surface area contributed by atoms with Crippen molar-refractivity contribution in [3.8, 4) is 0 Å². The van der Waals surface area contributed by atoms with E-state index in [1.807, 2.05) is 12.1 Å². The van der Waals surface area contributed by atoms with Gasteiger partial charge in [0.2, 0.25) is 0 Å². The Morgan fingerprint density at radius 3 is 2.20 bits per heavy atom. The molecule has 0 heterocycles. The van der Waals surface area contributed by atoms with Crippen LogP contribution in [0.15, 0.2) is 60.7 Å². The summed E-state index contributed by atoms with van der Waals surface area (Å²) >= 11 is 6.59. The molecule has 0 nitrogen and oxygen atoms in total. The molecule has 0 bridgehead atoms. The molecule has 2 heteroatoms. The number of rotatable bonds is 2. The predicted octanol–water partition coefficient (Wildman–Crippen LogP) is 5.62. The molecule has 20 heavy (non-hydrogen) atoms. The van der Waals surface area contributed by atoms with Crippen LogP contribution in [0, 0.1) is 12.7 Å². The molecule has 0 radical (unpaired) electrons. The van der Waals surface area contributed by atoms with Crippen LogP contribution in [-0.2, 0) is 0 Å². The third kappa shape index (κ3) is 2.30. The van der Waals surface area contributed by atoms with E-state index in [4.69, 9.17) is 11.6 Å². The molecule has 0 saturated heterocycles. The maximum Gasteiger partial charge on any atom is 0.123 e. The molecule has 3 aromatic rings. The first-order valence-electron chi connectivity index (χ1n) is 6.54. The van der Waals surface area contributed by atoms with Gasteiger partial charge >= 0.3 is 0 Å². The minimum atomic E-state index is -0.277. The van der Waals surface area contributed by atoms with Crippen LogP contribution in [0.5, 0.6) is 0 Å². The van der Waals surface area contributed by atoms with Crippen molar-refractivity contribution in [2.75, 3.05) is 0 Å². The maximum atomic E-state index is 13.0. The second-order valence-electron chi connectivity index (χ2n) is 4.93. The average Bonchev–Trinajstić information content (AvgIpc) is 2.48. The van der Waals surface area contributed by atoms with Crippen LogP contribution < -0.4 is 0 Å². The number of fused-ring (bicyclic) bond motifs is 1. The van der Waals surface area contributed by atoms with Gasteiger partial charge in [0.25, 0.3) is 0 Å². The Balaban J connectivity index is 2.14. The highest BCUT2D eigenvalue weighted by Gasteiger charge is 2.14. The van der Waals surface area contributed by atoms with Gasteiger partial charge in [-0.05, 0) is 46.5 Å². The molecule has 0 saturated carbocycles. The van der Waals surface area contributed by atoms with Crippen molar-refractivity contribution in [1.29, 1.82) is 0 Å². The lowest BCUT2D eigenvalue weighted by Gasteiger charge is -2.14. The molecule has 0 N–H and O–H groups in total. The van der Waals surface area contributed by atoms with Gasteiger partial charge in [0, 0.05) is 0 Å². The Morgan fingerprint density at radius 2 is 1.50 bits per heavy atom. The zero-order valence-electron chi connectivity index (χ0n) is 11.1. The standard InChI is InChI=1S/C18H14ClF/c1-12-6-11-17(16-5-3-2-4-15(12)16)18(19)13-7-9-14(20)10-8-13/h2-11,18H,1H3. The normalized spacial score (nSPS) is 12.6. The fourth-order valence-electron chi connectivity index (χ4n) is 2.51. The molecule has 1 atom stereocenters. The van der Waals surface area contributed by atoms with Gasteiger partial charge in [0.15, 0.2) is 0 Å². The lowest BCUT2D eigenvalue weighted by atomic mass is 9.95. The van der Waals surface area contributed by atoms with Crippen LogP contribution in [0.3, 0.4) is 0 Å². The highest BCUT2D eigenvalue weighted by Crippen LogP contribution is 2.34. The van der Waals surface area contributed by atoms with E-state index in [1.54, 1.807) is 12.1 Å². The Labute approximate surface area is 122 Å². The van der Waals surface area contributed by atoms with Gasteiger partial charge < -0.3 is 0 Å². The van der Waals surface area contributed by atoms with Crippen LogP contribution in [0.4, 0.5) is 4.39 Å². The first-order chi connectivity index (χ1) is 9.66. The predicted molar refractivity (Wildman–Crippen MR) is 82.8 cm³/mol. The molecule has 0 fully saturated rings. The van der Waals surface area contributed by atoms with Gasteiger partial charge in [-0.3, -0.25) is 0 Å². The molecule has 0 aromatic heterocycles. The van der Waals surface area contributed by atoms with Gasteiger partial charge in [0.1, 0.15) is 5.82 Å². The van der Waals surface area contributed by atoms with E-state index in [-0.39, 0.29) is 11.2 Å². The Hall–Kier alpha value is -1.86. The molecular formula is C18H14ClF. The molecular weight excluding hydrogens is 271 g/mol. The molecule has 0 amide bonds. The minimum Gasteiger partial charge on any atom is -0.207 e.